The molecule has 0 spiro atoms. The Labute approximate surface area is 158 Å². The fourth-order valence-corrected chi connectivity index (χ4v) is 3.36. The number of nitrogens with zero attached hydrogens (tertiary/aromatic N) is 1. The van der Waals surface area contributed by atoms with Crippen molar-refractivity contribution in [3.8, 4) is 0 Å². The van der Waals surface area contributed by atoms with Gasteiger partial charge >= 0.3 is 5.69 Å². The van der Waals surface area contributed by atoms with Crippen LogP contribution in [0.25, 0.3) is 0 Å². The van der Waals surface area contributed by atoms with Crippen LogP contribution in [-0.4, -0.2) is 40.3 Å². The van der Waals surface area contributed by atoms with Crippen LogP contribution in [0.3, 0.4) is 0 Å². The van der Waals surface area contributed by atoms with Gasteiger partial charge in [-0.05, 0) is 19.4 Å². The maximum Gasteiger partial charge on any atom is 0.330 e. The SMILES string of the molecule is [2H]C([2H])(OC[C@H]1O[C@@H](n2ccc(=O)[nH]c2=O)C2OC(C)(C)O[C@H]21)c1ccccc1. The summed E-state index contributed by atoms with van der Waals surface area (Å²) in [6.45, 7) is 1.36. The number of fused-ring (bicyclic) bond motifs is 1. The Morgan fingerprint density at radius 3 is 2.67 bits per heavy atom. The molecule has 2 fully saturated rings. The molecule has 0 aliphatic carbocycles. The first-order chi connectivity index (χ1) is 13.7. The maximum atomic E-state index is 12.2. The van der Waals surface area contributed by atoms with Gasteiger partial charge in [0.25, 0.3) is 5.56 Å². The van der Waals surface area contributed by atoms with E-state index in [2.05, 4.69) is 4.98 Å². The number of nitrogens with one attached hydrogen (secondary N) is 1. The van der Waals surface area contributed by atoms with Crippen molar-refractivity contribution in [1.29, 1.82) is 0 Å². The van der Waals surface area contributed by atoms with Gasteiger partial charge in [0.05, 0.1) is 15.9 Å². The van der Waals surface area contributed by atoms with E-state index in [0.717, 1.165) is 0 Å². The second-order valence-corrected chi connectivity index (χ2v) is 6.93. The number of hydrogen-bond acceptors (Lipinski definition) is 6. The minimum absolute atomic E-state index is 0.114. The molecule has 4 rings (SSSR count). The van der Waals surface area contributed by atoms with Gasteiger partial charge in [-0.15, -0.1) is 0 Å². The number of benzene rings is 1. The Morgan fingerprint density at radius 2 is 1.93 bits per heavy atom. The smallest absolute Gasteiger partial charge is 0.330 e. The van der Waals surface area contributed by atoms with Gasteiger partial charge in [0.2, 0.25) is 0 Å². The van der Waals surface area contributed by atoms with E-state index in [0.29, 0.717) is 5.56 Å². The molecule has 144 valence electrons. The van der Waals surface area contributed by atoms with Crippen LogP contribution >= 0.6 is 0 Å². The first-order valence-electron chi connectivity index (χ1n) is 9.68. The largest absolute Gasteiger partial charge is 0.374 e. The summed E-state index contributed by atoms with van der Waals surface area (Å²) in [5, 5.41) is 0. The molecule has 4 atom stereocenters. The summed E-state index contributed by atoms with van der Waals surface area (Å²) in [4.78, 5) is 25.8. The quantitative estimate of drug-likeness (QED) is 0.842. The summed E-state index contributed by atoms with van der Waals surface area (Å²) < 4.78 is 41.0. The van der Waals surface area contributed by atoms with E-state index in [9.17, 15) is 9.59 Å². The molecular weight excluding hydrogens is 352 g/mol. The third-order valence-electron chi connectivity index (χ3n) is 4.46. The molecule has 1 aromatic heterocycles. The van der Waals surface area contributed by atoms with E-state index in [1.807, 2.05) is 0 Å². The van der Waals surface area contributed by atoms with Crippen LogP contribution in [0.4, 0.5) is 0 Å². The molecule has 0 bridgehead atoms. The Bertz CT molecular complexity index is 990. The molecule has 1 N–H and O–H groups in total. The Hall–Kier alpha value is -2.26. The molecular formula is C19H22N2O6. The van der Waals surface area contributed by atoms with Gasteiger partial charge in [0.1, 0.15) is 18.3 Å². The highest BCUT2D eigenvalue weighted by molar-refractivity contribution is 5.13. The maximum absolute atomic E-state index is 12.2. The van der Waals surface area contributed by atoms with E-state index in [-0.39, 0.29) is 6.61 Å². The first kappa shape index (κ1) is 15.8. The van der Waals surface area contributed by atoms with Crippen molar-refractivity contribution in [1.82, 2.24) is 9.55 Å². The molecule has 0 amide bonds. The standard InChI is InChI=1S/C19H22N2O6/c1-19(2)26-15-13(11-24-10-12-6-4-3-5-7-12)25-17(16(15)27-19)21-9-8-14(22)20-18(21)23/h3-9,13,15-17H,10-11H2,1-2H3,(H,20,22,23)/t13-,15+,16?,17-/m1/s1/i10D2. The molecule has 2 aliphatic heterocycles. The number of ether oxygens (including phenoxy) is 4. The highest BCUT2D eigenvalue weighted by atomic mass is 16.8. The second kappa shape index (κ2) is 7.05. The molecule has 8 heteroatoms. The predicted octanol–water partition coefficient (Wildman–Crippen LogP) is 1.17. The zero-order chi connectivity index (χ0) is 20.8. The van der Waals surface area contributed by atoms with Gasteiger partial charge in [-0.3, -0.25) is 14.3 Å². The van der Waals surface area contributed by atoms with Crippen LogP contribution in [0.2, 0.25) is 0 Å². The van der Waals surface area contributed by atoms with E-state index in [1.54, 1.807) is 44.2 Å². The normalized spacial score (nSPS) is 30.6. The lowest BCUT2D eigenvalue weighted by atomic mass is 10.1. The fourth-order valence-electron chi connectivity index (χ4n) is 3.36. The van der Waals surface area contributed by atoms with Crippen molar-refractivity contribution < 1.29 is 21.7 Å². The van der Waals surface area contributed by atoms with Crippen LogP contribution in [-0.2, 0) is 25.5 Å². The van der Waals surface area contributed by atoms with E-state index in [4.69, 9.17) is 21.7 Å². The minimum atomic E-state index is -2.03. The number of H-pyrrole nitrogens is 1. The van der Waals surface area contributed by atoms with E-state index >= 15 is 0 Å². The lowest BCUT2D eigenvalue weighted by Crippen LogP contribution is -2.37. The van der Waals surface area contributed by atoms with Crippen molar-refractivity contribution in [2.75, 3.05) is 6.61 Å². The highest BCUT2D eigenvalue weighted by Gasteiger charge is 2.56. The van der Waals surface area contributed by atoms with Crippen LogP contribution in [0.5, 0.6) is 0 Å². The van der Waals surface area contributed by atoms with Gasteiger partial charge in [0, 0.05) is 12.3 Å². The number of aromatic amines is 1. The third-order valence-corrected chi connectivity index (χ3v) is 4.46. The molecule has 2 aromatic rings. The van der Waals surface area contributed by atoms with Gasteiger partial charge in [-0.2, -0.15) is 0 Å². The average molecular weight is 376 g/mol. The van der Waals surface area contributed by atoms with Gasteiger partial charge in [-0.25, -0.2) is 4.79 Å². The Balaban J connectivity index is 1.56. The molecule has 27 heavy (non-hydrogen) atoms. The van der Waals surface area contributed by atoms with E-state index < -0.39 is 48.1 Å². The molecule has 0 saturated carbocycles. The summed E-state index contributed by atoms with van der Waals surface area (Å²) in [5.74, 6) is -0.903. The molecule has 0 radical (unpaired) electrons. The summed E-state index contributed by atoms with van der Waals surface area (Å²) >= 11 is 0. The molecule has 8 nitrogen and oxygen atoms in total. The van der Waals surface area contributed by atoms with E-state index in [1.165, 1.54) is 16.8 Å². The van der Waals surface area contributed by atoms with Gasteiger partial charge in [0.15, 0.2) is 12.0 Å². The molecule has 2 aliphatic rings. The topological polar surface area (TPSA) is 91.8 Å². The number of hydrogen-bond donors (Lipinski definition) is 1. The summed E-state index contributed by atoms with van der Waals surface area (Å²) in [7, 11) is 0. The zero-order valence-electron chi connectivity index (χ0n) is 17.0. The van der Waals surface area contributed by atoms with Gasteiger partial charge < -0.3 is 18.9 Å². The number of rotatable bonds is 5. The third kappa shape index (κ3) is 3.74. The highest BCUT2D eigenvalue weighted by Crippen LogP contribution is 2.42. The van der Waals surface area contributed by atoms with Crippen molar-refractivity contribution in [3.63, 3.8) is 0 Å². The Morgan fingerprint density at radius 1 is 1.19 bits per heavy atom. The van der Waals surface area contributed by atoms with Crippen molar-refractivity contribution in [2.24, 2.45) is 0 Å². The Kier molecular flexibility index (Phi) is 4.11. The predicted molar refractivity (Wildman–Crippen MR) is 95.2 cm³/mol. The van der Waals surface area contributed by atoms with Crippen molar-refractivity contribution >= 4 is 0 Å². The summed E-state index contributed by atoms with van der Waals surface area (Å²) in [5.41, 5.74) is -0.761. The average Bonchev–Trinajstić information content (AvgIpc) is 3.14. The van der Waals surface area contributed by atoms with Crippen LogP contribution in [0.1, 0.15) is 28.4 Å². The fraction of sp³-hybridized carbons (Fsp3) is 0.474. The molecule has 3 heterocycles. The van der Waals surface area contributed by atoms with Crippen molar-refractivity contribution in [2.45, 2.75) is 50.7 Å². The molecule has 2 saturated heterocycles. The van der Waals surface area contributed by atoms with Crippen LogP contribution in [0.15, 0.2) is 52.2 Å². The summed E-state index contributed by atoms with van der Waals surface area (Å²) in [6, 6.07) is 9.75. The lowest BCUT2D eigenvalue weighted by molar-refractivity contribution is -0.203. The monoisotopic (exact) mass is 376 g/mol. The molecule has 1 aromatic carbocycles. The minimum Gasteiger partial charge on any atom is -0.374 e. The van der Waals surface area contributed by atoms with Crippen LogP contribution < -0.4 is 11.2 Å². The first-order valence-corrected chi connectivity index (χ1v) is 8.68. The zero-order valence-corrected chi connectivity index (χ0v) is 15.0. The lowest BCUT2D eigenvalue weighted by Gasteiger charge is -2.24. The van der Waals surface area contributed by atoms with Crippen molar-refractivity contribution in [3.05, 3.63) is 69.0 Å². The summed E-state index contributed by atoms with van der Waals surface area (Å²) in [6.07, 6.45) is -1.37. The van der Waals surface area contributed by atoms with Gasteiger partial charge in [-0.1, -0.05) is 30.3 Å². The molecule has 1 unspecified atom stereocenters. The second-order valence-electron chi connectivity index (χ2n) is 6.93. The number of aromatic nitrogens is 2. The van der Waals surface area contributed by atoms with Crippen LogP contribution in [0, 0.1) is 0 Å².